The van der Waals surface area contributed by atoms with E-state index in [0.29, 0.717) is 12.3 Å². The second kappa shape index (κ2) is 4.43. The van der Waals surface area contributed by atoms with Crippen LogP contribution in [-0.4, -0.2) is 21.3 Å². The van der Waals surface area contributed by atoms with E-state index in [-0.39, 0.29) is 0 Å². The zero-order valence-corrected chi connectivity index (χ0v) is 9.98. The number of aromatic nitrogens is 2. The molecule has 0 aliphatic carbocycles. The van der Waals surface area contributed by atoms with E-state index < -0.39 is 6.10 Å². The first-order valence-electron chi connectivity index (χ1n) is 5.56. The van der Waals surface area contributed by atoms with Crippen molar-refractivity contribution >= 4 is 11.5 Å². The molecule has 1 atom stereocenters. The average molecular weight is 248 g/mol. The van der Waals surface area contributed by atoms with Crippen LogP contribution in [0.15, 0.2) is 23.6 Å². The third kappa shape index (κ3) is 1.92. The van der Waals surface area contributed by atoms with Gasteiger partial charge in [0.05, 0.1) is 6.61 Å². The minimum atomic E-state index is -0.748. The lowest BCUT2D eigenvalue weighted by atomic mass is 9.98. The number of nitrogens with zero attached hydrogens (tertiary/aromatic N) is 2. The Morgan fingerprint density at radius 1 is 1.41 bits per heavy atom. The topological polar surface area (TPSA) is 55.2 Å². The molecule has 1 unspecified atom stereocenters. The van der Waals surface area contributed by atoms with Crippen LogP contribution in [-0.2, 0) is 6.42 Å². The summed E-state index contributed by atoms with van der Waals surface area (Å²) in [5.74, 6) is 0.819. The van der Waals surface area contributed by atoms with Crippen LogP contribution in [0.3, 0.4) is 0 Å². The molecule has 1 aromatic heterocycles. The summed E-state index contributed by atoms with van der Waals surface area (Å²) in [6.07, 6.45) is 1.29. The van der Waals surface area contributed by atoms with Crippen LogP contribution < -0.4 is 4.74 Å². The summed E-state index contributed by atoms with van der Waals surface area (Å²) in [4.78, 5) is 0. The number of aliphatic hydroxyl groups excluding tert-OH is 1. The molecule has 3 rings (SSSR count). The first-order chi connectivity index (χ1) is 8.36. The highest BCUT2D eigenvalue weighted by Crippen LogP contribution is 2.35. The maximum absolute atomic E-state index is 10.3. The maximum Gasteiger partial charge on any atom is 0.128 e. The van der Waals surface area contributed by atoms with Crippen molar-refractivity contribution in [2.45, 2.75) is 18.9 Å². The first-order valence-corrected chi connectivity index (χ1v) is 6.39. The highest BCUT2D eigenvalue weighted by atomic mass is 32.1. The average Bonchev–Trinajstić information content (AvgIpc) is 2.91. The van der Waals surface area contributed by atoms with Gasteiger partial charge in [0, 0.05) is 10.9 Å². The molecule has 1 aliphatic heterocycles. The zero-order valence-electron chi connectivity index (χ0n) is 9.17. The fourth-order valence-corrected chi connectivity index (χ4v) is 2.55. The molecule has 1 N–H and O–H groups in total. The fourth-order valence-electron chi connectivity index (χ4n) is 2.08. The van der Waals surface area contributed by atoms with Gasteiger partial charge in [0.1, 0.15) is 17.5 Å². The minimum absolute atomic E-state index is 0.581. The van der Waals surface area contributed by atoms with Crippen LogP contribution in [0, 0.1) is 0 Å². The number of benzene rings is 1. The Hall–Kier alpha value is -1.46. The molecule has 0 bridgehead atoms. The molecule has 5 heteroatoms. The van der Waals surface area contributed by atoms with Crippen molar-refractivity contribution in [1.29, 1.82) is 0 Å². The van der Waals surface area contributed by atoms with Crippen molar-refractivity contribution in [3.05, 3.63) is 40.4 Å². The summed E-state index contributed by atoms with van der Waals surface area (Å²) in [6.45, 7) is 0.714. The molecule has 0 saturated carbocycles. The Balaban J connectivity index is 2.03. The van der Waals surface area contributed by atoms with Gasteiger partial charge in [0.25, 0.3) is 0 Å². The Labute approximate surface area is 103 Å². The van der Waals surface area contributed by atoms with Gasteiger partial charge in [-0.05, 0) is 29.9 Å². The molecule has 17 heavy (non-hydrogen) atoms. The molecular weight excluding hydrogens is 236 g/mol. The van der Waals surface area contributed by atoms with Gasteiger partial charge in [-0.2, -0.15) is 0 Å². The summed E-state index contributed by atoms with van der Waals surface area (Å²) in [6, 6.07) is 5.88. The normalized spacial score (nSPS) is 16.1. The number of rotatable bonds is 2. The predicted octanol–water partition coefficient (Wildman–Crippen LogP) is 1.94. The summed E-state index contributed by atoms with van der Waals surface area (Å²) in [7, 11) is 0. The van der Waals surface area contributed by atoms with E-state index >= 15 is 0 Å². The molecule has 0 saturated heterocycles. The Morgan fingerprint density at radius 3 is 3.18 bits per heavy atom. The van der Waals surface area contributed by atoms with Crippen molar-refractivity contribution in [1.82, 2.24) is 9.59 Å². The van der Waals surface area contributed by atoms with Crippen LogP contribution in [0.2, 0.25) is 0 Å². The van der Waals surface area contributed by atoms with E-state index in [1.54, 1.807) is 5.38 Å². The Bertz CT molecular complexity index is 513. The zero-order chi connectivity index (χ0) is 11.7. The third-order valence-corrected chi connectivity index (χ3v) is 3.44. The molecule has 1 aromatic carbocycles. The highest BCUT2D eigenvalue weighted by Gasteiger charge is 2.21. The van der Waals surface area contributed by atoms with Gasteiger partial charge >= 0.3 is 0 Å². The molecule has 0 fully saturated rings. The lowest BCUT2D eigenvalue weighted by Gasteiger charge is -2.21. The molecule has 0 radical (unpaired) electrons. The summed E-state index contributed by atoms with van der Waals surface area (Å²) in [5, 5.41) is 15.9. The lowest BCUT2D eigenvalue weighted by Crippen LogP contribution is -2.12. The van der Waals surface area contributed by atoms with Gasteiger partial charge in [0.2, 0.25) is 0 Å². The monoisotopic (exact) mass is 248 g/mol. The van der Waals surface area contributed by atoms with Crippen LogP contribution in [0.25, 0.3) is 0 Å². The largest absolute Gasteiger partial charge is 0.493 e. The third-order valence-electron chi connectivity index (χ3n) is 2.92. The van der Waals surface area contributed by atoms with Crippen LogP contribution >= 0.6 is 11.5 Å². The predicted molar refractivity (Wildman–Crippen MR) is 64.2 cm³/mol. The maximum atomic E-state index is 10.3. The van der Waals surface area contributed by atoms with Gasteiger partial charge in [-0.25, -0.2) is 0 Å². The van der Waals surface area contributed by atoms with Gasteiger partial charge < -0.3 is 9.84 Å². The van der Waals surface area contributed by atoms with Crippen molar-refractivity contribution in [2.24, 2.45) is 0 Å². The second-order valence-corrected chi connectivity index (χ2v) is 4.63. The van der Waals surface area contributed by atoms with Gasteiger partial charge in [0.15, 0.2) is 0 Å². The van der Waals surface area contributed by atoms with Crippen LogP contribution in [0.4, 0.5) is 0 Å². The van der Waals surface area contributed by atoms with Gasteiger partial charge in [-0.3, -0.25) is 0 Å². The van der Waals surface area contributed by atoms with E-state index in [1.807, 2.05) is 18.2 Å². The minimum Gasteiger partial charge on any atom is -0.493 e. The molecule has 2 aromatic rings. The number of para-hydroxylation sites is 1. The molecular formula is C12H12N2O2S. The smallest absolute Gasteiger partial charge is 0.128 e. The standard InChI is InChI=1S/C12H12N2O2S/c15-11(10-7-17-14-13-10)9-5-1-3-8-4-2-6-16-12(8)9/h1,3,5,7,11,15H,2,4,6H2. The van der Waals surface area contributed by atoms with Gasteiger partial charge in [-0.15, -0.1) is 5.10 Å². The fraction of sp³-hybridized carbons (Fsp3) is 0.333. The number of ether oxygens (including phenoxy) is 1. The van der Waals surface area contributed by atoms with Crippen molar-refractivity contribution in [3.8, 4) is 5.75 Å². The van der Waals surface area contributed by atoms with E-state index in [0.717, 1.165) is 29.7 Å². The van der Waals surface area contributed by atoms with E-state index in [2.05, 4.69) is 9.59 Å². The molecule has 0 spiro atoms. The molecule has 1 aliphatic rings. The first kappa shape index (κ1) is 10.7. The quantitative estimate of drug-likeness (QED) is 0.882. The Morgan fingerprint density at radius 2 is 2.35 bits per heavy atom. The number of hydrogen-bond donors (Lipinski definition) is 1. The van der Waals surface area contributed by atoms with Crippen molar-refractivity contribution in [2.75, 3.05) is 6.61 Å². The molecule has 0 amide bonds. The second-order valence-electron chi connectivity index (χ2n) is 4.02. The summed E-state index contributed by atoms with van der Waals surface area (Å²) >= 11 is 1.24. The summed E-state index contributed by atoms with van der Waals surface area (Å²) in [5.41, 5.74) is 2.53. The van der Waals surface area contributed by atoms with Crippen molar-refractivity contribution < 1.29 is 9.84 Å². The van der Waals surface area contributed by atoms with Crippen LogP contribution in [0.1, 0.15) is 29.3 Å². The Kier molecular flexibility index (Phi) is 2.78. The van der Waals surface area contributed by atoms with E-state index in [9.17, 15) is 5.11 Å². The SMILES string of the molecule is OC(c1csnn1)c1cccc2c1OCCC2. The number of hydrogen-bond acceptors (Lipinski definition) is 5. The van der Waals surface area contributed by atoms with E-state index in [1.165, 1.54) is 11.5 Å². The number of aryl methyl sites for hydroxylation is 1. The van der Waals surface area contributed by atoms with Crippen molar-refractivity contribution in [3.63, 3.8) is 0 Å². The van der Waals surface area contributed by atoms with E-state index in [4.69, 9.17) is 4.74 Å². The number of fused-ring (bicyclic) bond motifs is 1. The molecule has 2 heterocycles. The lowest BCUT2D eigenvalue weighted by molar-refractivity contribution is 0.202. The molecule has 88 valence electrons. The van der Waals surface area contributed by atoms with Crippen LogP contribution in [0.5, 0.6) is 5.75 Å². The summed E-state index contributed by atoms with van der Waals surface area (Å²) < 4.78 is 9.44. The number of aliphatic hydroxyl groups is 1. The highest BCUT2D eigenvalue weighted by molar-refractivity contribution is 7.03. The molecule has 4 nitrogen and oxygen atoms in total. The van der Waals surface area contributed by atoms with Gasteiger partial charge in [-0.1, -0.05) is 22.7 Å².